The second-order valence-corrected chi connectivity index (χ2v) is 12.3. The number of benzene rings is 1. The zero-order valence-electron chi connectivity index (χ0n) is 20.3. The number of hydrogen-bond donors (Lipinski definition) is 0. The van der Waals surface area contributed by atoms with Crippen molar-refractivity contribution in [3.63, 3.8) is 0 Å². The first-order valence-electron chi connectivity index (χ1n) is 12.5. The third-order valence-electron chi connectivity index (χ3n) is 7.37. The lowest BCUT2D eigenvalue weighted by Gasteiger charge is -2.39. The molecule has 1 aliphatic carbocycles. The molecule has 3 fully saturated rings. The van der Waals surface area contributed by atoms with Crippen molar-refractivity contribution in [2.24, 2.45) is 0 Å². The first kappa shape index (κ1) is 26.1. The minimum Gasteiger partial charge on any atom is -0.352 e. The van der Waals surface area contributed by atoms with Gasteiger partial charge in [0.1, 0.15) is 11.9 Å². The molecule has 2 aliphatic heterocycles. The molecule has 1 atom stereocenters. The number of pyridine rings is 1. The maximum absolute atomic E-state index is 13.8. The smallest absolute Gasteiger partial charge is 0.335 e. The molecular formula is C25H29Cl2N5O4S. The lowest BCUT2D eigenvalue weighted by Crippen LogP contribution is -2.56. The molecule has 1 saturated carbocycles. The highest BCUT2D eigenvalue weighted by Crippen LogP contribution is 2.33. The van der Waals surface area contributed by atoms with Crippen LogP contribution in [0.4, 0.5) is 10.6 Å². The molecule has 0 spiro atoms. The number of anilines is 1. The highest BCUT2D eigenvalue weighted by atomic mass is 35.5. The van der Waals surface area contributed by atoms with Gasteiger partial charge in [0.25, 0.3) is 10.0 Å². The molecular weight excluding hydrogens is 537 g/mol. The summed E-state index contributed by atoms with van der Waals surface area (Å²) in [4.78, 5) is 37.0. The molecule has 1 aromatic carbocycles. The van der Waals surface area contributed by atoms with E-state index in [9.17, 15) is 18.0 Å². The van der Waals surface area contributed by atoms with Crippen LogP contribution in [0.1, 0.15) is 32.1 Å². The van der Waals surface area contributed by atoms with E-state index in [1.54, 1.807) is 34.1 Å². The monoisotopic (exact) mass is 565 g/mol. The molecule has 2 aromatic rings. The number of piperazine rings is 1. The summed E-state index contributed by atoms with van der Waals surface area (Å²) in [5.41, 5.74) is 0. The van der Waals surface area contributed by atoms with Crippen LogP contribution in [0.25, 0.3) is 0 Å². The van der Waals surface area contributed by atoms with E-state index in [2.05, 4.69) is 4.98 Å². The quantitative estimate of drug-likeness (QED) is 0.546. The molecule has 0 unspecified atom stereocenters. The topological polar surface area (TPSA) is 94.1 Å². The summed E-state index contributed by atoms with van der Waals surface area (Å²) in [6, 6.07) is 7.93. The largest absolute Gasteiger partial charge is 0.352 e. The lowest BCUT2D eigenvalue weighted by molar-refractivity contribution is -0.136. The normalized spacial score (nSPS) is 21.6. The number of amides is 3. The Labute approximate surface area is 227 Å². The molecule has 1 aromatic heterocycles. The van der Waals surface area contributed by atoms with E-state index >= 15 is 0 Å². The van der Waals surface area contributed by atoms with Gasteiger partial charge >= 0.3 is 6.03 Å². The van der Waals surface area contributed by atoms with Gasteiger partial charge in [-0.05, 0) is 31.0 Å². The summed E-state index contributed by atoms with van der Waals surface area (Å²) in [6.45, 7) is 1.66. The van der Waals surface area contributed by atoms with Crippen molar-refractivity contribution in [2.45, 2.75) is 49.1 Å². The predicted octanol–water partition coefficient (Wildman–Crippen LogP) is 3.86. The van der Waals surface area contributed by atoms with Gasteiger partial charge in [-0.3, -0.25) is 4.79 Å². The van der Waals surface area contributed by atoms with Crippen molar-refractivity contribution >= 4 is 51.0 Å². The maximum atomic E-state index is 13.8. The molecule has 9 nitrogen and oxygen atoms in total. The van der Waals surface area contributed by atoms with Crippen LogP contribution in [-0.2, 0) is 14.8 Å². The zero-order chi connectivity index (χ0) is 26.2. The van der Waals surface area contributed by atoms with Crippen molar-refractivity contribution < 1.29 is 18.0 Å². The lowest BCUT2D eigenvalue weighted by atomic mass is 9.93. The van der Waals surface area contributed by atoms with Crippen molar-refractivity contribution in [1.82, 2.24) is 19.1 Å². The van der Waals surface area contributed by atoms with Crippen LogP contribution < -0.4 is 4.90 Å². The van der Waals surface area contributed by atoms with Crippen LogP contribution in [0.15, 0.2) is 47.5 Å². The number of hydrogen-bond acceptors (Lipinski definition) is 6. The summed E-state index contributed by atoms with van der Waals surface area (Å²) < 4.78 is 27.7. The second-order valence-electron chi connectivity index (χ2n) is 9.62. The van der Waals surface area contributed by atoms with E-state index in [1.165, 1.54) is 18.3 Å². The fourth-order valence-electron chi connectivity index (χ4n) is 5.46. The Morgan fingerprint density at radius 3 is 2.30 bits per heavy atom. The summed E-state index contributed by atoms with van der Waals surface area (Å²) in [7, 11) is -4.08. The molecule has 3 heterocycles. The fraction of sp³-hybridized carbons (Fsp3) is 0.480. The van der Waals surface area contributed by atoms with Crippen molar-refractivity contribution in [2.75, 3.05) is 37.6 Å². The standard InChI is InChI=1S/C25H29Cl2N5O4S/c26-18-15-21(27)23(28-16-18)29-11-13-30(14-12-29)24(33)22-17-31(37(35,36)20-9-5-2-6-10-20)25(34)32(22)19-7-3-1-4-8-19/h2,5-6,9-10,15-16,19,22H,1,3-4,7-8,11-14,17H2/t22-/m0/s1. The highest BCUT2D eigenvalue weighted by Gasteiger charge is 2.50. The van der Waals surface area contributed by atoms with E-state index in [-0.39, 0.29) is 23.4 Å². The molecule has 0 bridgehead atoms. The van der Waals surface area contributed by atoms with Crippen LogP contribution in [0.3, 0.4) is 0 Å². The summed E-state index contributed by atoms with van der Waals surface area (Å²) in [6.07, 6.45) is 6.05. The average molecular weight is 567 g/mol. The van der Waals surface area contributed by atoms with Crippen LogP contribution in [0.2, 0.25) is 10.0 Å². The summed E-state index contributed by atoms with van der Waals surface area (Å²) in [5, 5.41) is 0.894. The minimum atomic E-state index is -4.08. The predicted molar refractivity (Wildman–Crippen MR) is 141 cm³/mol. The Balaban J connectivity index is 1.36. The van der Waals surface area contributed by atoms with E-state index in [4.69, 9.17) is 23.2 Å². The maximum Gasteiger partial charge on any atom is 0.335 e. The Bertz CT molecular complexity index is 1270. The van der Waals surface area contributed by atoms with Crippen molar-refractivity contribution in [3.05, 3.63) is 52.6 Å². The van der Waals surface area contributed by atoms with Crippen LogP contribution >= 0.6 is 23.2 Å². The number of halogens is 2. The van der Waals surface area contributed by atoms with Gasteiger partial charge in [0.05, 0.1) is 21.5 Å². The molecule has 0 radical (unpaired) electrons. The minimum absolute atomic E-state index is 0.0426. The van der Waals surface area contributed by atoms with Gasteiger partial charge in [0, 0.05) is 38.4 Å². The Morgan fingerprint density at radius 1 is 0.973 bits per heavy atom. The Hall–Kier alpha value is -2.56. The molecule has 0 N–H and O–H groups in total. The van der Waals surface area contributed by atoms with Gasteiger partial charge in [-0.2, -0.15) is 0 Å². The van der Waals surface area contributed by atoms with Gasteiger partial charge in [-0.1, -0.05) is 60.7 Å². The summed E-state index contributed by atoms with van der Waals surface area (Å²) in [5.74, 6) is 0.387. The number of aromatic nitrogens is 1. The first-order valence-corrected chi connectivity index (χ1v) is 14.7. The molecule has 2 saturated heterocycles. The number of nitrogens with zero attached hydrogens (tertiary/aromatic N) is 5. The molecule has 3 amide bonds. The number of urea groups is 1. The molecule has 5 rings (SSSR count). The average Bonchev–Trinajstić information content (AvgIpc) is 3.27. The second kappa shape index (κ2) is 10.7. The van der Waals surface area contributed by atoms with E-state index in [1.807, 2.05) is 4.90 Å². The Morgan fingerprint density at radius 2 is 1.65 bits per heavy atom. The molecule has 198 valence electrons. The van der Waals surface area contributed by atoms with Gasteiger partial charge in [0.15, 0.2) is 0 Å². The van der Waals surface area contributed by atoms with Crippen molar-refractivity contribution in [1.29, 1.82) is 0 Å². The third-order valence-corrected chi connectivity index (χ3v) is 9.61. The Kier molecular flexibility index (Phi) is 7.51. The molecule has 37 heavy (non-hydrogen) atoms. The van der Waals surface area contributed by atoms with E-state index in [0.29, 0.717) is 42.0 Å². The van der Waals surface area contributed by atoms with Crippen LogP contribution in [0, 0.1) is 0 Å². The third kappa shape index (κ3) is 5.11. The first-order chi connectivity index (χ1) is 17.8. The van der Waals surface area contributed by atoms with E-state index in [0.717, 1.165) is 36.4 Å². The van der Waals surface area contributed by atoms with Crippen LogP contribution in [0.5, 0.6) is 0 Å². The zero-order valence-corrected chi connectivity index (χ0v) is 22.6. The number of sulfonamides is 1. The number of carbonyl (C=O) groups is 2. The molecule has 12 heteroatoms. The highest BCUT2D eigenvalue weighted by molar-refractivity contribution is 7.89. The van der Waals surface area contributed by atoms with Crippen molar-refractivity contribution in [3.8, 4) is 0 Å². The fourth-order valence-corrected chi connectivity index (χ4v) is 7.35. The van der Waals surface area contributed by atoms with Gasteiger partial charge in [0.2, 0.25) is 5.91 Å². The number of rotatable bonds is 5. The summed E-state index contributed by atoms with van der Waals surface area (Å²) >= 11 is 12.3. The number of carbonyl (C=O) groups excluding carboxylic acids is 2. The SMILES string of the molecule is O=C([C@@H]1CN(S(=O)(=O)c2ccccc2)C(=O)N1C1CCCCC1)N1CCN(c2ncc(Cl)cc2Cl)CC1. The molecule has 3 aliphatic rings. The van der Waals surface area contributed by atoms with Gasteiger partial charge in [-0.25, -0.2) is 22.5 Å². The van der Waals surface area contributed by atoms with Gasteiger partial charge in [-0.15, -0.1) is 0 Å². The van der Waals surface area contributed by atoms with Gasteiger partial charge < -0.3 is 14.7 Å². The van der Waals surface area contributed by atoms with E-state index < -0.39 is 22.1 Å². The van der Waals surface area contributed by atoms with Crippen LogP contribution in [-0.4, -0.2) is 84.3 Å².